The van der Waals surface area contributed by atoms with Crippen LogP contribution in [0.15, 0.2) is 65.6 Å². The number of hydrogen-bond acceptors (Lipinski definition) is 8. The van der Waals surface area contributed by atoms with Crippen molar-refractivity contribution in [3.63, 3.8) is 0 Å². The number of nitro benzene ring substituents is 1. The van der Waals surface area contributed by atoms with Crippen LogP contribution in [0.1, 0.15) is 22.3 Å². The minimum atomic E-state index is -0.563. The largest absolute Gasteiger partial charge is 0.493 e. The summed E-state index contributed by atoms with van der Waals surface area (Å²) in [6.07, 6.45) is 1.54. The van der Waals surface area contributed by atoms with E-state index in [1.807, 2.05) is 32.0 Å². The molecule has 0 spiro atoms. The van der Waals surface area contributed by atoms with Gasteiger partial charge in [0.1, 0.15) is 13.2 Å². The smallest absolute Gasteiger partial charge is 0.294 e. The maximum atomic E-state index is 12.9. The summed E-state index contributed by atoms with van der Waals surface area (Å²) >= 11 is 0.751. The predicted molar refractivity (Wildman–Crippen MR) is 148 cm³/mol. The Labute approximate surface area is 228 Å². The van der Waals surface area contributed by atoms with E-state index in [0.29, 0.717) is 28.3 Å². The number of para-hydroxylation sites is 1. The van der Waals surface area contributed by atoms with E-state index >= 15 is 0 Å². The van der Waals surface area contributed by atoms with Crippen LogP contribution < -0.4 is 14.8 Å². The summed E-state index contributed by atoms with van der Waals surface area (Å²) in [5.74, 6) is -0.256. The number of hydrogen-bond donors (Lipinski definition) is 1. The molecule has 0 saturated carbocycles. The molecule has 0 aromatic heterocycles. The lowest BCUT2D eigenvalue weighted by atomic mass is 10.1. The van der Waals surface area contributed by atoms with E-state index in [1.165, 1.54) is 19.2 Å². The van der Waals surface area contributed by atoms with Crippen LogP contribution >= 0.6 is 11.8 Å². The number of rotatable bonds is 9. The molecule has 10 nitrogen and oxygen atoms in total. The first kappa shape index (κ1) is 27.4. The molecule has 1 heterocycles. The molecule has 1 aliphatic heterocycles. The first-order chi connectivity index (χ1) is 18.7. The number of carbonyl (C=O) groups is 3. The highest BCUT2D eigenvalue weighted by molar-refractivity contribution is 8.18. The molecule has 3 aromatic carbocycles. The molecule has 3 aromatic rings. The standard InChI is InChI=1S/C28H25N3O7S/c1-17-6-4-7-18(2)26(17)29-25(32)15-30-27(33)24(39-28(30)34)14-19-10-11-22(23(13-19)37-3)38-16-20-8-5-9-21(12-20)31(35)36/h4-14H,15-16H2,1-3H3,(H,29,32)/b24-14+. The molecule has 200 valence electrons. The normalized spacial score (nSPS) is 14.0. The highest BCUT2D eigenvalue weighted by atomic mass is 32.2. The summed E-state index contributed by atoms with van der Waals surface area (Å²) in [4.78, 5) is 49.7. The van der Waals surface area contributed by atoms with E-state index in [-0.39, 0.29) is 17.2 Å². The van der Waals surface area contributed by atoms with Gasteiger partial charge in [-0.05, 0) is 66.1 Å². The molecule has 0 bridgehead atoms. The van der Waals surface area contributed by atoms with E-state index in [4.69, 9.17) is 9.47 Å². The van der Waals surface area contributed by atoms with E-state index in [2.05, 4.69) is 5.32 Å². The number of non-ortho nitro benzene ring substituents is 1. The molecule has 1 fully saturated rings. The number of benzene rings is 3. The average molecular weight is 548 g/mol. The van der Waals surface area contributed by atoms with Gasteiger partial charge in [0.2, 0.25) is 5.91 Å². The zero-order chi connectivity index (χ0) is 28.1. The fourth-order valence-electron chi connectivity index (χ4n) is 3.94. The third-order valence-electron chi connectivity index (χ3n) is 5.92. The molecule has 1 N–H and O–H groups in total. The van der Waals surface area contributed by atoms with Crippen LogP contribution in [0.5, 0.6) is 11.5 Å². The summed E-state index contributed by atoms with van der Waals surface area (Å²) in [5, 5.41) is 13.2. The van der Waals surface area contributed by atoms with Gasteiger partial charge < -0.3 is 14.8 Å². The van der Waals surface area contributed by atoms with E-state index in [1.54, 1.807) is 36.4 Å². The van der Waals surface area contributed by atoms with Crippen molar-refractivity contribution < 1.29 is 28.8 Å². The molecule has 11 heteroatoms. The molecular weight excluding hydrogens is 522 g/mol. The molecule has 0 radical (unpaired) electrons. The molecule has 1 saturated heterocycles. The quantitative estimate of drug-likeness (QED) is 0.212. The third-order valence-corrected chi connectivity index (χ3v) is 6.83. The number of nitro groups is 1. The third kappa shape index (κ3) is 6.44. The molecule has 4 rings (SSSR count). The zero-order valence-corrected chi connectivity index (χ0v) is 22.2. The highest BCUT2D eigenvalue weighted by Gasteiger charge is 2.36. The first-order valence-electron chi connectivity index (χ1n) is 11.8. The van der Waals surface area contributed by atoms with E-state index in [0.717, 1.165) is 27.8 Å². The van der Waals surface area contributed by atoms with Gasteiger partial charge in [-0.25, -0.2) is 0 Å². The SMILES string of the molecule is COc1cc(/C=C2/SC(=O)N(CC(=O)Nc3c(C)cccc3C)C2=O)ccc1OCc1cccc([N+](=O)[O-])c1. The summed E-state index contributed by atoms with van der Waals surface area (Å²) in [6, 6.07) is 16.7. The number of nitrogens with zero attached hydrogens (tertiary/aromatic N) is 2. The Balaban J connectivity index is 1.44. The Bertz CT molecular complexity index is 1480. The second-order valence-electron chi connectivity index (χ2n) is 8.71. The number of thioether (sulfide) groups is 1. The van der Waals surface area contributed by atoms with Gasteiger partial charge in [0.15, 0.2) is 11.5 Å². The number of imide groups is 1. The van der Waals surface area contributed by atoms with Crippen molar-refractivity contribution in [2.45, 2.75) is 20.5 Å². The summed E-state index contributed by atoms with van der Waals surface area (Å²) in [6.45, 7) is 3.41. The fraction of sp³-hybridized carbons (Fsp3) is 0.179. The van der Waals surface area contributed by atoms with Gasteiger partial charge in [-0.3, -0.25) is 29.4 Å². The number of amides is 3. The lowest BCUT2D eigenvalue weighted by molar-refractivity contribution is -0.384. The topological polar surface area (TPSA) is 128 Å². The number of nitrogens with one attached hydrogen (secondary N) is 1. The Hall–Kier alpha value is -4.64. The molecule has 3 amide bonds. The summed E-state index contributed by atoms with van der Waals surface area (Å²) in [7, 11) is 1.46. The van der Waals surface area contributed by atoms with Crippen molar-refractivity contribution in [3.05, 3.63) is 97.9 Å². The number of ether oxygens (including phenoxy) is 2. The predicted octanol–water partition coefficient (Wildman–Crippen LogP) is 5.47. The van der Waals surface area contributed by atoms with Crippen molar-refractivity contribution in [2.24, 2.45) is 0 Å². The summed E-state index contributed by atoms with van der Waals surface area (Å²) in [5.41, 5.74) is 3.58. The van der Waals surface area contributed by atoms with Gasteiger partial charge in [-0.1, -0.05) is 36.4 Å². The number of aryl methyl sites for hydroxylation is 2. The fourth-order valence-corrected chi connectivity index (χ4v) is 4.77. The van der Waals surface area contributed by atoms with Gasteiger partial charge in [0, 0.05) is 17.8 Å². The Kier molecular flexibility index (Phi) is 8.30. The average Bonchev–Trinajstić information content (AvgIpc) is 3.17. The monoisotopic (exact) mass is 547 g/mol. The number of carbonyl (C=O) groups excluding carboxylic acids is 3. The van der Waals surface area contributed by atoms with Gasteiger partial charge >= 0.3 is 0 Å². The van der Waals surface area contributed by atoms with Gasteiger partial charge in [0.05, 0.1) is 16.9 Å². The van der Waals surface area contributed by atoms with Crippen LogP contribution in [0.4, 0.5) is 16.2 Å². The number of methoxy groups -OCH3 is 1. The van der Waals surface area contributed by atoms with Crippen molar-refractivity contribution in [2.75, 3.05) is 19.0 Å². The molecule has 39 heavy (non-hydrogen) atoms. The Morgan fingerprint density at radius 1 is 1.05 bits per heavy atom. The van der Waals surface area contributed by atoms with E-state index in [9.17, 15) is 24.5 Å². The molecular formula is C28H25N3O7S. The Morgan fingerprint density at radius 3 is 2.46 bits per heavy atom. The lowest BCUT2D eigenvalue weighted by Crippen LogP contribution is -2.36. The van der Waals surface area contributed by atoms with Crippen molar-refractivity contribution in [1.82, 2.24) is 4.90 Å². The molecule has 0 atom stereocenters. The highest BCUT2D eigenvalue weighted by Crippen LogP contribution is 2.35. The molecule has 0 aliphatic carbocycles. The van der Waals surface area contributed by atoms with Crippen LogP contribution in [-0.2, 0) is 16.2 Å². The minimum Gasteiger partial charge on any atom is -0.493 e. The zero-order valence-electron chi connectivity index (χ0n) is 21.4. The van der Waals surface area contributed by atoms with Crippen molar-refractivity contribution >= 4 is 46.3 Å². The van der Waals surface area contributed by atoms with Crippen LogP contribution in [0.2, 0.25) is 0 Å². The van der Waals surface area contributed by atoms with Crippen LogP contribution in [0, 0.1) is 24.0 Å². The molecule has 1 aliphatic rings. The van der Waals surface area contributed by atoms with E-state index < -0.39 is 28.5 Å². The van der Waals surface area contributed by atoms with Crippen molar-refractivity contribution in [3.8, 4) is 11.5 Å². The number of anilines is 1. The van der Waals surface area contributed by atoms with Gasteiger partial charge in [-0.15, -0.1) is 0 Å². The second kappa shape index (κ2) is 11.8. The minimum absolute atomic E-state index is 0.0323. The van der Waals surface area contributed by atoms with Crippen LogP contribution in [-0.4, -0.2) is 40.5 Å². The lowest BCUT2D eigenvalue weighted by Gasteiger charge is -2.15. The summed E-state index contributed by atoms with van der Waals surface area (Å²) < 4.78 is 11.2. The van der Waals surface area contributed by atoms with Gasteiger partial charge in [0.25, 0.3) is 16.8 Å². The maximum absolute atomic E-state index is 12.9. The van der Waals surface area contributed by atoms with Gasteiger partial charge in [-0.2, -0.15) is 0 Å². The second-order valence-corrected chi connectivity index (χ2v) is 9.70. The van der Waals surface area contributed by atoms with Crippen LogP contribution in [0.25, 0.3) is 6.08 Å². The van der Waals surface area contributed by atoms with Crippen molar-refractivity contribution in [1.29, 1.82) is 0 Å². The molecule has 0 unspecified atom stereocenters. The maximum Gasteiger partial charge on any atom is 0.294 e. The van der Waals surface area contributed by atoms with Crippen LogP contribution in [0.3, 0.4) is 0 Å². The Morgan fingerprint density at radius 2 is 1.77 bits per heavy atom. The first-order valence-corrected chi connectivity index (χ1v) is 12.6.